The van der Waals surface area contributed by atoms with E-state index in [-0.39, 0.29) is 10.9 Å². The molecule has 0 bridgehead atoms. The van der Waals surface area contributed by atoms with Crippen LogP contribution in [0.25, 0.3) is 0 Å². The Hall–Kier alpha value is -1.43. The normalized spacial score (nSPS) is 22.9. The lowest BCUT2D eigenvalue weighted by Crippen LogP contribution is -2.29. The molecule has 1 amide bonds. The van der Waals surface area contributed by atoms with Gasteiger partial charge in [-0.25, -0.2) is 9.78 Å². The van der Waals surface area contributed by atoms with E-state index >= 15 is 0 Å². The molecular formula is C12H16N2O3S. The minimum Gasteiger partial charge on any atom is -0.476 e. The van der Waals surface area contributed by atoms with Gasteiger partial charge in [-0.2, -0.15) is 0 Å². The third-order valence-corrected chi connectivity index (χ3v) is 4.46. The topological polar surface area (TPSA) is 79.3 Å². The lowest BCUT2D eigenvalue weighted by atomic mass is 9.98. The number of nitrogens with one attached hydrogen (secondary N) is 1. The highest BCUT2D eigenvalue weighted by Crippen LogP contribution is 2.30. The van der Waals surface area contributed by atoms with Crippen molar-refractivity contribution in [2.45, 2.75) is 26.2 Å². The number of hydrogen-bond donors (Lipinski definition) is 2. The lowest BCUT2D eigenvalue weighted by molar-refractivity contribution is 0.0696. The van der Waals surface area contributed by atoms with Gasteiger partial charge in [0.25, 0.3) is 5.91 Å². The van der Waals surface area contributed by atoms with Gasteiger partial charge in [0.05, 0.1) is 6.20 Å². The van der Waals surface area contributed by atoms with Gasteiger partial charge in [0, 0.05) is 6.54 Å². The first-order chi connectivity index (χ1) is 8.58. The molecule has 0 radical (unpaired) electrons. The van der Waals surface area contributed by atoms with Crippen LogP contribution >= 0.6 is 11.3 Å². The zero-order valence-corrected chi connectivity index (χ0v) is 11.0. The van der Waals surface area contributed by atoms with Crippen LogP contribution in [0, 0.1) is 11.8 Å². The second kappa shape index (κ2) is 5.48. The first-order valence-corrected chi connectivity index (χ1v) is 6.87. The molecule has 18 heavy (non-hydrogen) atoms. The average molecular weight is 268 g/mol. The number of rotatable bonds is 4. The zero-order valence-electron chi connectivity index (χ0n) is 10.2. The van der Waals surface area contributed by atoms with E-state index in [2.05, 4.69) is 17.2 Å². The molecule has 2 rings (SSSR count). The van der Waals surface area contributed by atoms with Crippen molar-refractivity contribution in [2.75, 3.05) is 6.54 Å². The molecule has 1 aromatic rings. The van der Waals surface area contributed by atoms with Gasteiger partial charge in [0.15, 0.2) is 0 Å². The molecule has 2 unspecified atom stereocenters. The molecule has 2 N–H and O–H groups in total. The molecular weight excluding hydrogens is 252 g/mol. The standard InChI is InChI=1S/C12H16N2O3S/c1-7-3-2-4-8(7)5-13-10(15)9-6-14-11(18-9)12(16)17/h6-8H,2-5H2,1H3,(H,13,15)(H,16,17). The Morgan fingerprint density at radius 2 is 2.33 bits per heavy atom. The van der Waals surface area contributed by atoms with Crippen LogP contribution in [0.1, 0.15) is 45.7 Å². The van der Waals surface area contributed by atoms with E-state index in [4.69, 9.17) is 5.11 Å². The fraction of sp³-hybridized carbons (Fsp3) is 0.583. The number of thiazole rings is 1. The number of aromatic nitrogens is 1. The first kappa shape index (κ1) is 13.0. The van der Waals surface area contributed by atoms with Crippen molar-refractivity contribution in [3.8, 4) is 0 Å². The molecule has 5 nitrogen and oxygen atoms in total. The van der Waals surface area contributed by atoms with E-state index in [9.17, 15) is 9.59 Å². The van der Waals surface area contributed by atoms with Crippen LogP contribution < -0.4 is 5.32 Å². The summed E-state index contributed by atoms with van der Waals surface area (Å²) in [5, 5.41) is 11.5. The molecule has 0 aromatic carbocycles. The summed E-state index contributed by atoms with van der Waals surface area (Å²) in [7, 11) is 0. The van der Waals surface area contributed by atoms with Crippen LogP contribution in [0.3, 0.4) is 0 Å². The molecule has 1 saturated carbocycles. The summed E-state index contributed by atoms with van der Waals surface area (Å²) in [5.41, 5.74) is 0. The first-order valence-electron chi connectivity index (χ1n) is 6.05. The molecule has 98 valence electrons. The Labute approximate surface area is 109 Å². The Morgan fingerprint density at radius 3 is 2.89 bits per heavy atom. The maximum absolute atomic E-state index is 11.8. The fourth-order valence-corrected chi connectivity index (χ4v) is 2.99. The van der Waals surface area contributed by atoms with Crippen molar-refractivity contribution in [3.05, 3.63) is 16.1 Å². The second-order valence-electron chi connectivity index (χ2n) is 4.71. The fourth-order valence-electron chi connectivity index (χ4n) is 2.31. The van der Waals surface area contributed by atoms with E-state index in [1.807, 2.05) is 0 Å². The van der Waals surface area contributed by atoms with Crippen molar-refractivity contribution >= 4 is 23.2 Å². The summed E-state index contributed by atoms with van der Waals surface area (Å²) in [6, 6.07) is 0. The summed E-state index contributed by atoms with van der Waals surface area (Å²) < 4.78 is 0. The van der Waals surface area contributed by atoms with E-state index in [0.29, 0.717) is 23.3 Å². The summed E-state index contributed by atoms with van der Waals surface area (Å²) in [5.74, 6) is -0.121. The quantitative estimate of drug-likeness (QED) is 0.875. The van der Waals surface area contributed by atoms with Gasteiger partial charge in [-0.15, -0.1) is 11.3 Å². The molecule has 1 aliphatic carbocycles. The van der Waals surface area contributed by atoms with Crippen molar-refractivity contribution in [2.24, 2.45) is 11.8 Å². The maximum Gasteiger partial charge on any atom is 0.365 e. The average Bonchev–Trinajstić information content (AvgIpc) is 2.94. The second-order valence-corrected chi connectivity index (χ2v) is 5.74. The number of carbonyl (C=O) groups excluding carboxylic acids is 1. The molecule has 0 spiro atoms. The minimum atomic E-state index is -1.09. The van der Waals surface area contributed by atoms with Gasteiger partial charge in [-0.1, -0.05) is 19.8 Å². The number of aromatic carboxylic acids is 1. The number of carboxylic acids is 1. The van der Waals surface area contributed by atoms with Gasteiger partial charge < -0.3 is 10.4 Å². The molecule has 2 atom stereocenters. The van der Waals surface area contributed by atoms with Crippen LogP contribution in [0.2, 0.25) is 0 Å². The highest BCUT2D eigenvalue weighted by Gasteiger charge is 2.24. The Balaban J connectivity index is 1.89. The van der Waals surface area contributed by atoms with Gasteiger partial charge in [-0.05, 0) is 18.3 Å². The SMILES string of the molecule is CC1CCCC1CNC(=O)c1cnc(C(=O)O)s1. The lowest BCUT2D eigenvalue weighted by Gasteiger charge is -2.15. The number of carbonyl (C=O) groups is 2. The molecule has 1 heterocycles. The molecule has 1 fully saturated rings. The van der Waals surface area contributed by atoms with E-state index in [0.717, 1.165) is 17.8 Å². The number of carboxylic acid groups (broad SMARTS) is 1. The van der Waals surface area contributed by atoms with E-state index in [1.54, 1.807) is 0 Å². The minimum absolute atomic E-state index is 0.0469. The maximum atomic E-state index is 11.8. The molecule has 6 heteroatoms. The monoisotopic (exact) mass is 268 g/mol. The Morgan fingerprint density at radius 1 is 1.56 bits per heavy atom. The van der Waals surface area contributed by atoms with Crippen molar-refractivity contribution in [1.82, 2.24) is 10.3 Å². The van der Waals surface area contributed by atoms with Gasteiger partial charge in [0.1, 0.15) is 4.88 Å². The van der Waals surface area contributed by atoms with Gasteiger partial charge in [-0.3, -0.25) is 4.79 Å². The highest BCUT2D eigenvalue weighted by molar-refractivity contribution is 7.15. The summed E-state index contributed by atoms with van der Waals surface area (Å²) >= 11 is 0.910. The van der Waals surface area contributed by atoms with Gasteiger partial charge in [0.2, 0.25) is 5.01 Å². The van der Waals surface area contributed by atoms with Crippen LogP contribution in [0.15, 0.2) is 6.20 Å². The summed E-state index contributed by atoms with van der Waals surface area (Å²) in [4.78, 5) is 26.5. The number of amides is 1. The predicted molar refractivity (Wildman–Crippen MR) is 67.9 cm³/mol. The van der Waals surface area contributed by atoms with Crippen molar-refractivity contribution < 1.29 is 14.7 Å². The summed E-state index contributed by atoms with van der Waals surface area (Å²) in [6.45, 7) is 2.87. The largest absolute Gasteiger partial charge is 0.476 e. The van der Waals surface area contributed by atoms with Crippen LogP contribution in [-0.4, -0.2) is 28.5 Å². The van der Waals surface area contributed by atoms with Crippen LogP contribution in [0.4, 0.5) is 0 Å². The van der Waals surface area contributed by atoms with E-state index in [1.165, 1.54) is 19.0 Å². The Kier molecular flexibility index (Phi) is 3.96. The molecule has 0 saturated heterocycles. The third-order valence-electron chi connectivity index (χ3n) is 3.48. The number of hydrogen-bond acceptors (Lipinski definition) is 4. The Bertz CT molecular complexity index is 458. The molecule has 1 aromatic heterocycles. The molecule has 1 aliphatic rings. The number of nitrogens with zero attached hydrogens (tertiary/aromatic N) is 1. The predicted octanol–water partition coefficient (Wildman–Crippen LogP) is 2.01. The molecule has 0 aliphatic heterocycles. The van der Waals surface area contributed by atoms with Crippen molar-refractivity contribution in [1.29, 1.82) is 0 Å². The van der Waals surface area contributed by atoms with Gasteiger partial charge >= 0.3 is 5.97 Å². The van der Waals surface area contributed by atoms with Crippen LogP contribution in [0.5, 0.6) is 0 Å². The zero-order chi connectivity index (χ0) is 13.1. The smallest absolute Gasteiger partial charge is 0.365 e. The highest BCUT2D eigenvalue weighted by atomic mass is 32.1. The van der Waals surface area contributed by atoms with E-state index < -0.39 is 5.97 Å². The van der Waals surface area contributed by atoms with Crippen LogP contribution in [-0.2, 0) is 0 Å². The van der Waals surface area contributed by atoms with Crippen molar-refractivity contribution in [3.63, 3.8) is 0 Å². The summed E-state index contributed by atoms with van der Waals surface area (Å²) in [6.07, 6.45) is 4.93. The third kappa shape index (κ3) is 2.87.